The molecule has 2 N–H and O–H groups in total. The van der Waals surface area contributed by atoms with E-state index in [0.717, 1.165) is 37.7 Å². The van der Waals surface area contributed by atoms with Gasteiger partial charge in [0.05, 0.1) is 23.8 Å². The maximum absolute atomic E-state index is 4.78. The molecule has 0 atom stereocenters. The molecule has 0 saturated carbocycles. The Morgan fingerprint density at radius 1 is 1.14 bits per heavy atom. The highest BCUT2D eigenvalue weighted by Crippen LogP contribution is 2.16. The molecule has 3 rings (SSSR count). The number of aliphatic imine (C=N–C) groups is 1. The number of hydrogen-bond donors (Lipinski definition) is 2. The van der Waals surface area contributed by atoms with Gasteiger partial charge in [0.25, 0.3) is 0 Å². The highest BCUT2D eigenvalue weighted by molar-refractivity contribution is 7.11. The van der Waals surface area contributed by atoms with Crippen LogP contribution in [0, 0.1) is 13.8 Å². The van der Waals surface area contributed by atoms with Crippen LogP contribution in [0.15, 0.2) is 47.7 Å². The number of nitrogens with one attached hydrogen (secondary N) is 2. The molecule has 2 heterocycles. The summed E-state index contributed by atoms with van der Waals surface area (Å²) >= 11 is 1.77. The molecule has 0 bridgehead atoms. The van der Waals surface area contributed by atoms with Crippen LogP contribution in [-0.4, -0.2) is 33.8 Å². The van der Waals surface area contributed by atoms with Crippen LogP contribution in [0.25, 0.3) is 0 Å². The summed E-state index contributed by atoms with van der Waals surface area (Å²) in [7, 11) is 0. The van der Waals surface area contributed by atoms with Gasteiger partial charge >= 0.3 is 0 Å². The van der Waals surface area contributed by atoms with E-state index in [1.54, 1.807) is 17.5 Å². The van der Waals surface area contributed by atoms with Gasteiger partial charge < -0.3 is 10.6 Å². The lowest BCUT2D eigenvalue weighted by Gasteiger charge is -2.12. The molecule has 0 radical (unpaired) electrons. The smallest absolute Gasteiger partial charge is 0.191 e. The minimum atomic E-state index is 0.627. The van der Waals surface area contributed by atoms with Gasteiger partial charge in [0.15, 0.2) is 5.96 Å². The molecule has 0 fully saturated rings. The Morgan fingerprint density at radius 2 is 1.96 bits per heavy atom. The van der Waals surface area contributed by atoms with Gasteiger partial charge in [-0.05, 0) is 38.0 Å². The van der Waals surface area contributed by atoms with Crippen molar-refractivity contribution in [2.24, 2.45) is 4.99 Å². The molecule has 2 aromatic heterocycles. The van der Waals surface area contributed by atoms with Crippen molar-refractivity contribution < 1.29 is 0 Å². The molecular weight excluding hydrogens is 368 g/mol. The van der Waals surface area contributed by atoms with E-state index in [1.807, 2.05) is 16.9 Å². The van der Waals surface area contributed by atoms with Crippen LogP contribution in [0.1, 0.15) is 33.6 Å². The first-order valence-corrected chi connectivity index (χ1v) is 10.5. The zero-order valence-electron chi connectivity index (χ0n) is 16.8. The minimum Gasteiger partial charge on any atom is -0.357 e. The summed E-state index contributed by atoms with van der Waals surface area (Å²) in [5.41, 5.74) is 3.58. The molecule has 1 aromatic carbocycles. The number of hydrogen-bond acceptors (Lipinski definition) is 4. The lowest BCUT2D eigenvalue weighted by molar-refractivity contribution is 0.680. The van der Waals surface area contributed by atoms with Crippen molar-refractivity contribution in [2.75, 3.05) is 13.1 Å². The molecule has 6 nitrogen and oxygen atoms in total. The lowest BCUT2D eigenvalue weighted by Crippen LogP contribution is -2.38. The maximum atomic E-state index is 4.78. The largest absolute Gasteiger partial charge is 0.357 e. The third-order valence-electron chi connectivity index (χ3n) is 4.47. The number of thiazole rings is 1. The minimum absolute atomic E-state index is 0.627. The number of benzene rings is 1. The van der Waals surface area contributed by atoms with Crippen molar-refractivity contribution in [3.05, 3.63) is 69.4 Å². The standard InChI is InChI=1S/C21H28N6S/c1-4-22-21(23-12-10-20-26-16(2)17(3)28-20)24-14-18-8-5-6-9-19(18)15-27-13-7-11-25-27/h5-9,11,13H,4,10,12,14-15H2,1-3H3,(H2,22,23,24). The van der Waals surface area contributed by atoms with E-state index in [1.165, 1.54) is 21.0 Å². The second-order valence-corrected chi connectivity index (χ2v) is 7.88. The summed E-state index contributed by atoms with van der Waals surface area (Å²) in [6.07, 6.45) is 4.69. The molecule has 0 aliphatic heterocycles. The van der Waals surface area contributed by atoms with Crippen LogP contribution in [0.5, 0.6) is 0 Å². The molecule has 0 saturated heterocycles. The van der Waals surface area contributed by atoms with Gasteiger partial charge in [-0.1, -0.05) is 24.3 Å². The van der Waals surface area contributed by atoms with Crippen LogP contribution in [0.4, 0.5) is 0 Å². The van der Waals surface area contributed by atoms with E-state index >= 15 is 0 Å². The molecule has 7 heteroatoms. The van der Waals surface area contributed by atoms with Crippen molar-refractivity contribution >= 4 is 17.3 Å². The highest BCUT2D eigenvalue weighted by atomic mass is 32.1. The molecule has 0 amide bonds. The molecule has 28 heavy (non-hydrogen) atoms. The Morgan fingerprint density at radius 3 is 2.64 bits per heavy atom. The van der Waals surface area contributed by atoms with Crippen molar-refractivity contribution in [2.45, 2.75) is 40.3 Å². The number of guanidine groups is 1. The zero-order chi connectivity index (χ0) is 19.8. The van der Waals surface area contributed by atoms with Crippen molar-refractivity contribution in [1.82, 2.24) is 25.4 Å². The first kappa shape index (κ1) is 20.1. The summed E-state index contributed by atoms with van der Waals surface area (Å²) in [4.78, 5) is 10.7. The van der Waals surface area contributed by atoms with Gasteiger partial charge in [-0.2, -0.15) is 5.10 Å². The van der Waals surface area contributed by atoms with Crippen LogP contribution < -0.4 is 10.6 Å². The van der Waals surface area contributed by atoms with Crippen LogP contribution >= 0.6 is 11.3 Å². The first-order chi connectivity index (χ1) is 13.7. The maximum Gasteiger partial charge on any atom is 0.191 e. The first-order valence-electron chi connectivity index (χ1n) is 9.65. The Bertz CT molecular complexity index is 878. The predicted octanol–water partition coefficient (Wildman–Crippen LogP) is 3.30. The highest BCUT2D eigenvalue weighted by Gasteiger charge is 2.06. The van der Waals surface area contributed by atoms with E-state index in [-0.39, 0.29) is 0 Å². The normalized spacial score (nSPS) is 11.6. The summed E-state index contributed by atoms with van der Waals surface area (Å²) in [6, 6.07) is 10.3. The molecule has 0 spiro atoms. The molecule has 0 unspecified atom stereocenters. The fourth-order valence-corrected chi connectivity index (χ4v) is 3.81. The van der Waals surface area contributed by atoms with Gasteiger partial charge in [-0.25, -0.2) is 9.98 Å². The number of aromatic nitrogens is 3. The number of rotatable bonds is 8. The Labute approximate surface area is 170 Å². The average Bonchev–Trinajstić information content (AvgIpc) is 3.30. The van der Waals surface area contributed by atoms with E-state index in [4.69, 9.17) is 4.99 Å². The van der Waals surface area contributed by atoms with Crippen molar-refractivity contribution in [3.8, 4) is 0 Å². The van der Waals surface area contributed by atoms with Gasteiger partial charge in [-0.15, -0.1) is 11.3 Å². The summed E-state index contributed by atoms with van der Waals surface area (Å²) in [5, 5.41) is 12.2. The quantitative estimate of drug-likeness (QED) is 0.453. The van der Waals surface area contributed by atoms with Crippen molar-refractivity contribution in [1.29, 1.82) is 0 Å². The molecule has 0 aliphatic carbocycles. The summed E-state index contributed by atoms with van der Waals surface area (Å²) in [5.74, 6) is 0.835. The second kappa shape index (κ2) is 10.0. The molecular formula is C21H28N6S. The van der Waals surface area contributed by atoms with E-state index < -0.39 is 0 Å². The van der Waals surface area contributed by atoms with Gasteiger partial charge in [0, 0.05) is 36.8 Å². The van der Waals surface area contributed by atoms with E-state index in [2.05, 4.69) is 65.8 Å². The molecule has 3 aromatic rings. The van der Waals surface area contributed by atoms with Crippen LogP contribution in [0.3, 0.4) is 0 Å². The van der Waals surface area contributed by atoms with Crippen LogP contribution in [-0.2, 0) is 19.5 Å². The third kappa shape index (κ3) is 5.66. The number of aryl methyl sites for hydroxylation is 2. The average molecular weight is 397 g/mol. The predicted molar refractivity (Wildman–Crippen MR) is 116 cm³/mol. The van der Waals surface area contributed by atoms with Crippen LogP contribution in [0.2, 0.25) is 0 Å². The summed E-state index contributed by atoms with van der Waals surface area (Å²) < 4.78 is 1.93. The topological polar surface area (TPSA) is 67.1 Å². The van der Waals surface area contributed by atoms with E-state index in [9.17, 15) is 0 Å². The second-order valence-electron chi connectivity index (χ2n) is 6.59. The monoisotopic (exact) mass is 396 g/mol. The third-order valence-corrected chi connectivity index (χ3v) is 5.60. The van der Waals surface area contributed by atoms with Gasteiger partial charge in [0.2, 0.25) is 0 Å². The van der Waals surface area contributed by atoms with E-state index in [0.29, 0.717) is 6.54 Å². The Hall–Kier alpha value is -2.67. The SMILES string of the molecule is CCNC(=NCc1ccccc1Cn1cccn1)NCCc1nc(C)c(C)s1. The fourth-order valence-electron chi connectivity index (χ4n) is 2.87. The van der Waals surface area contributed by atoms with Gasteiger partial charge in [0.1, 0.15) is 0 Å². The fraction of sp³-hybridized carbons (Fsp3) is 0.381. The molecule has 148 valence electrons. The lowest BCUT2D eigenvalue weighted by atomic mass is 10.1. The molecule has 0 aliphatic rings. The Kier molecular flexibility index (Phi) is 7.19. The van der Waals surface area contributed by atoms with Gasteiger partial charge in [-0.3, -0.25) is 4.68 Å². The summed E-state index contributed by atoms with van der Waals surface area (Å²) in [6.45, 7) is 9.29. The Balaban J connectivity index is 1.61. The zero-order valence-corrected chi connectivity index (χ0v) is 17.6. The van der Waals surface area contributed by atoms with Crippen molar-refractivity contribution in [3.63, 3.8) is 0 Å². The number of nitrogens with zero attached hydrogens (tertiary/aromatic N) is 4.